The number of ether oxygens (including phenoxy) is 1. The molecule has 4 aromatic carbocycles. The van der Waals surface area contributed by atoms with Gasteiger partial charge in [-0.3, -0.25) is 0 Å². The van der Waals surface area contributed by atoms with Crippen LogP contribution in [0.2, 0.25) is 13.6 Å². The van der Waals surface area contributed by atoms with Crippen molar-refractivity contribution in [3.8, 4) is 46.0 Å². The van der Waals surface area contributed by atoms with Gasteiger partial charge in [0.2, 0.25) is 0 Å². The minimum absolute atomic E-state index is 0. The van der Waals surface area contributed by atoms with Crippen LogP contribution in [-0.4, -0.2) is 59.8 Å². The Morgan fingerprint density at radius 1 is 0.538 bits per heavy atom. The number of aromatic hydroxyl groups is 7. The smallest absolute Gasteiger partial charge is 0.119 e. The molecule has 0 atom stereocenters. The van der Waals surface area contributed by atoms with Gasteiger partial charge in [-0.15, -0.1) is 0 Å². The molecule has 0 aliphatic rings. The van der Waals surface area contributed by atoms with E-state index < -0.39 is 0 Å². The van der Waals surface area contributed by atoms with E-state index in [-0.39, 0.29) is 78.8 Å². The summed E-state index contributed by atoms with van der Waals surface area (Å²) in [4.78, 5) is 0. The molecule has 0 aliphatic carbocycles. The normalized spacial score (nSPS) is 10.1. The summed E-state index contributed by atoms with van der Waals surface area (Å²) in [7, 11) is 7.34. The first kappa shape index (κ1) is 51.8. The Hall–Kier alpha value is -4.59. The van der Waals surface area contributed by atoms with E-state index in [0.29, 0.717) is 0 Å². The van der Waals surface area contributed by atoms with Crippen molar-refractivity contribution in [3.05, 3.63) is 95.6 Å². The van der Waals surface area contributed by atoms with Crippen LogP contribution in [0.5, 0.6) is 46.0 Å². The molecule has 52 heavy (non-hydrogen) atoms. The van der Waals surface area contributed by atoms with E-state index in [1.807, 2.05) is 62.3 Å². The second-order valence-electron chi connectivity index (χ2n) is 13.6. The van der Waals surface area contributed by atoms with Crippen molar-refractivity contribution in [2.75, 3.05) is 7.11 Å². The Labute approximate surface area is 323 Å². The molecule has 0 bridgehead atoms. The van der Waals surface area contributed by atoms with Crippen LogP contribution in [0.3, 0.4) is 0 Å². The van der Waals surface area contributed by atoms with E-state index >= 15 is 0 Å². The van der Waals surface area contributed by atoms with Crippen LogP contribution in [0.25, 0.3) is 0 Å². The van der Waals surface area contributed by atoms with Gasteiger partial charge in [-0.2, -0.15) is 0 Å². The summed E-state index contributed by atoms with van der Waals surface area (Å²) >= 11 is 0. The average Bonchev–Trinajstić information content (AvgIpc) is 3.06. The highest BCUT2D eigenvalue weighted by Gasteiger charge is 2.24. The Balaban J connectivity index is -0.000000139. The molecule has 0 unspecified atom stereocenters. The second-order valence-corrected chi connectivity index (χ2v) is 13.6. The van der Waals surface area contributed by atoms with Gasteiger partial charge in [-0.05, 0) is 96.4 Å². The maximum Gasteiger partial charge on any atom is 0.119 e. The second kappa shape index (κ2) is 26.2. The van der Waals surface area contributed by atoms with Crippen molar-refractivity contribution >= 4 is 15.7 Å². The monoisotopic (exact) mass is 731 g/mol. The molecular formula is C42H71B2O8. The third-order valence-corrected chi connectivity index (χ3v) is 6.44. The first-order valence-corrected chi connectivity index (χ1v) is 15.6. The lowest BCUT2D eigenvalue weighted by molar-refractivity contribution is 0.412. The van der Waals surface area contributed by atoms with Crippen molar-refractivity contribution in [1.29, 1.82) is 1.34 Å². The van der Waals surface area contributed by atoms with Gasteiger partial charge in [0.25, 0.3) is 0 Å². The molecule has 0 fully saturated rings. The number of phenols is 7. The van der Waals surface area contributed by atoms with Gasteiger partial charge in [0.05, 0.1) is 22.8 Å². The van der Waals surface area contributed by atoms with Gasteiger partial charge in [-0.1, -0.05) is 98.2 Å². The molecule has 0 heterocycles. The SMILES string of the molecule is C.C.C.CC(C)(C)c1cc(O)c(C(C)(C)C)cc1O.CC(C)(C)c1cc(O)ccc1O.COc1ccc(O)cc1.Oc1ccc(O)cc1.[2H][3H].[3H][B]C.[B]C. The zero-order valence-electron chi connectivity index (χ0n) is 34.2. The lowest BCUT2D eigenvalue weighted by atomic mass is 9.81. The number of hydrogen-bond donors (Lipinski definition) is 7. The standard InChI is InChI=1S/C14H22O2.C10H14O2.C7H8O2.C6H6O2.CH4B.CH3B.3CH4.H2/c1-13(2,3)9-7-12(16)10(8-11(9)15)14(4,5)6;1-10(2,3)8-6-7(11)4-5-9(8)12;1-9-7-4-2-6(8)3-5-7;7-5-1-2-6(8)4-3-5;2*1-2;;;;/h7-8,15-16H,1-6H3;4-6,11-12H,1-3H3;2-5,8H,1H3;1-4,7-8H;2H,1H3;1H3;3*1H4;1H/i;;;;2T;;;;;1+2D. The summed E-state index contributed by atoms with van der Waals surface area (Å²) in [6, 6.07) is 20.2. The number of methoxy groups -OCH3 is 1. The summed E-state index contributed by atoms with van der Waals surface area (Å²) in [5, 5.41) is 64.7. The van der Waals surface area contributed by atoms with Crippen LogP contribution in [0, 0.1) is 0 Å². The molecule has 10 heteroatoms. The number of phenolic OH excluding ortho intramolecular Hbond substituents is 7. The van der Waals surface area contributed by atoms with Crippen molar-refractivity contribution < 1.29 is 43.5 Å². The summed E-state index contributed by atoms with van der Waals surface area (Å²) in [6.07, 6.45) is 0. The Kier molecular flexibility index (Phi) is 26.1. The van der Waals surface area contributed by atoms with E-state index in [9.17, 15) is 20.4 Å². The Morgan fingerprint density at radius 3 is 1.04 bits per heavy atom. The minimum atomic E-state index is -0.169. The third-order valence-electron chi connectivity index (χ3n) is 6.44. The molecule has 0 spiro atoms. The largest absolute Gasteiger partial charge is 0.508 e. The van der Waals surface area contributed by atoms with Gasteiger partial charge >= 0.3 is 0 Å². The molecule has 0 saturated heterocycles. The van der Waals surface area contributed by atoms with Crippen LogP contribution in [0.15, 0.2) is 78.9 Å². The van der Waals surface area contributed by atoms with Crippen LogP contribution in [0.1, 0.15) is 104 Å². The van der Waals surface area contributed by atoms with Crippen LogP contribution in [-0.2, 0) is 16.2 Å². The molecule has 3 radical (unpaired) electrons. The van der Waals surface area contributed by atoms with E-state index in [4.69, 9.17) is 24.4 Å². The summed E-state index contributed by atoms with van der Waals surface area (Å²) in [5.41, 5.74) is 1.84. The fourth-order valence-electron chi connectivity index (χ4n) is 3.94. The lowest BCUT2D eigenvalue weighted by Crippen LogP contribution is -2.15. The van der Waals surface area contributed by atoms with Crippen LogP contribution in [0.4, 0.5) is 0 Å². The van der Waals surface area contributed by atoms with E-state index in [1.54, 1.807) is 56.4 Å². The van der Waals surface area contributed by atoms with Crippen LogP contribution < -0.4 is 4.74 Å². The van der Waals surface area contributed by atoms with Crippen molar-refractivity contribution in [1.82, 2.24) is 0 Å². The first-order chi connectivity index (χ1) is 24.0. The highest BCUT2D eigenvalue weighted by Crippen LogP contribution is 2.40. The number of benzene rings is 4. The average molecular weight is 731 g/mol. The highest BCUT2D eigenvalue weighted by atomic mass is 16.5. The van der Waals surface area contributed by atoms with E-state index in [1.165, 1.54) is 51.0 Å². The maximum absolute atomic E-state index is 10.0. The molecule has 293 valence electrons. The van der Waals surface area contributed by atoms with Crippen molar-refractivity contribution in [2.45, 2.75) is 114 Å². The molecule has 0 saturated carbocycles. The van der Waals surface area contributed by atoms with Gasteiger partial charge < -0.3 is 40.5 Å². The molecule has 4 rings (SSSR count). The van der Waals surface area contributed by atoms with Crippen LogP contribution >= 0.6 is 0 Å². The van der Waals surface area contributed by atoms with E-state index in [2.05, 4.69) is 7.85 Å². The Bertz CT molecular complexity index is 1460. The first-order valence-electron chi connectivity index (χ1n) is 17.2. The zero-order valence-corrected chi connectivity index (χ0v) is 31.2. The van der Waals surface area contributed by atoms with Gasteiger partial charge in [-0.25, -0.2) is 0 Å². The quantitative estimate of drug-likeness (QED) is 0.0755. The fraction of sp³-hybridized carbons (Fsp3) is 0.429. The van der Waals surface area contributed by atoms with Crippen molar-refractivity contribution in [3.63, 3.8) is 0 Å². The van der Waals surface area contributed by atoms with Crippen molar-refractivity contribution in [2.24, 2.45) is 0 Å². The maximum atomic E-state index is 10.0. The molecule has 0 aliphatic heterocycles. The van der Waals surface area contributed by atoms with Gasteiger partial charge in [0, 0.05) is 19.7 Å². The molecule has 4 aromatic rings. The topological polar surface area (TPSA) is 151 Å². The van der Waals surface area contributed by atoms with E-state index in [0.717, 1.165) is 22.4 Å². The predicted molar refractivity (Wildman–Crippen MR) is 227 cm³/mol. The number of rotatable bonds is 1. The molecule has 8 nitrogen and oxygen atoms in total. The highest BCUT2D eigenvalue weighted by molar-refractivity contribution is 6.05. The Morgan fingerprint density at radius 2 is 0.788 bits per heavy atom. The summed E-state index contributed by atoms with van der Waals surface area (Å²) in [5.74, 6) is 2.30. The summed E-state index contributed by atoms with van der Waals surface area (Å²) in [6.45, 7) is 21.2. The molecule has 0 aromatic heterocycles. The molecular weight excluding hydrogens is 654 g/mol. The molecule has 7 N–H and O–H groups in total. The fourth-order valence-corrected chi connectivity index (χ4v) is 3.94. The predicted octanol–water partition coefficient (Wildman–Crippen LogP) is 10.9. The minimum Gasteiger partial charge on any atom is -0.508 e. The van der Waals surface area contributed by atoms with Gasteiger partial charge in [0.15, 0.2) is 0 Å². The zero-order chi connectivity index (χ0) is 41.5. The summed E-state index contributed by atoms with van der Waals surface area (Å²) < 4.78 is 20.9. The number of hydrogen-bond acceptors (Lipinski definition) is 8. The lowest BCUT2D eigenvalue weighted by Gasteiger charge is -2.25. The molecule has 0 amide bonds. The third kappa shape index (κ3) is 21.6. The van der Waals surface area contributed by atoms with Gasteiger partial charge in [0.1, 0.15) is 46.0 Å².